The fourth-order valence-corrected chi connectivity index (χ4v) is 3.94. The molecule has 2 heterocycles. The van der Waals surface area contributed by atoms with Crippen LogP contribution in [0.5, 0.6) is 17.4 Å². The third-order valence-electron chi connectivity index (χ3n) is 4.29. The van der Waals surface area contributed by atoms with Gasteiger partial charge in [0, 0.05) is 23.7 Å². The van der Waals surface area contributed by atoms with Crippen molar-refractivity contribution in [2.24, 2.45) is 0 Å². The van der Waals surface area contributed by atoms with Gasteiger partial charge in [0.15, 0.2) is 6.61 Å². The van der Waals surface area contributed by atoms with Gasteiger partial charge in [-0.1, -0.05) is 18.2 Å². The van der Waals surface area contributed by atoms with Crippen molar-refractivity contribution in [3.05, 3.63) is 72.9 Å². The highest BCUT2D eigenvalue weighted by Gasteiger charge is 2.21. The van der Waals surface area contributed by atoms with E-state index in [9.17, 15) is 4.79 Å². The van der Waals surface area contributed by atoms with Gasteiger partial charge in [-0.25, -0.2) is 4.98 Å². The highest BCUT2D eigenvalue weighted by molar-refractivity contribution is 7.99. The summed E-state index contributed by atoms with van der Waals surface area (Å²) in [5, 5.41) is 0. The molecule has 0 saturated carbocycles. The number of amides is 1. The molecule has 0 spiro atoms. The zero-order valence-corrected chi connectivity index (χ0v) is 16.1. The molecule has 0 fully saturated rings. The van der Waals surface area contributed by atoms with Crippen molar-refractivity contribution in [3.63, 3.8) is 0 Å². The van der Waals surface area contributed by atoms with Crippen molar-refractivity contribution in [2.45, 2.75) is 11.3 Å². The summed E-state index contributed by atoms with van der Waals surface area (Å²) in [6, 6.07) is 20.7. The maximum absolute atomic E-state index is 12.8. The Hall–Kier alpha value is -2.99. The van der Waals surface area contributed by atoms with Gasteiger partial charge < -0.3 is 14.4 Å². The number of thioether (sulfide) groups is 1. The number of anilines is 1. The first-order chi connectivity index (χ1) is 13.8. The van der Waals surface area contributed by atoms with Crippen LogP contribution in [0, 0.1) is 0 Å². The van der Waals surface area contributed by atoms with Crippen LogP contribution < -0.4 is 14.4 Å². The van der Waals surface area contributed by atoms with E-state index < -0.39 is 0 Å². The van der Waals surface area contributed by atoms with E-state index in [2.05, 4.69) is 11.1 Å². The number of aromatic nitrogens is 1. The van der Waals surface area contributed by atoms with E-state index >= 15 is 0 Å². The van der Waals surface area contributed by atoms with Crippen LogP contribution in [0.3, 0.4) is 0 Å². The molecule has 0 aliphatic carbocycles. The molecule has 2 aromatic carbocycles. The van der Waals surface area contributed by atoms with Gasteiger partial charge in [0.2, 0.25) is 5.88 Å². The topological polar surface area (TPSA) is 51.7 Å². The van der Waals surface area contributed by atoms with Crippen LogP contribution in [-0.4, -0.2) is 29.8 Å². The molecule has 0 saturated heterocycles. The minimum absolute atomic E-state index is 0.000550. The molecule has 1 aliphatic rings. The quantitative estimate of drug-likeness (QED) is 0.625. The molecule has 1 aromatic heterocycles. The molecule has 0 bridgehead atoms. The number of carbonyl (C=O) groups excluding carboxylic acids is 1. The molecule has 142 valence electrons. The van der Waals surface area contributed by atoms with Gasteiger partial charge in [-0.05, 0) is 54.6 Å². The number of para-hydroxylation sites is 1. The van der Waals surface area contributed by atoms with Gasteiger partial charge in [-0.3, -0.25) is 4.79 Å². The fourth-order valence-electron chi connectivity index (χ4n) is 2.94. The van der Waals surface area contributed by atoms with Gasteiger partial charge in [-0.2, -0.15) is 0 Å². The second-order valence-electron chi connectivity index (χ2n) is 6.25. The van der Waals surface area contributed by atoms with E-state index in [0.29, 0.717) is 23.9 Å². The van der Waals surface area contributed by atoms with E-state index in [4.69, 9.17) is 9.47 Å². The Kier molecular flexibility index (Phi) is 5.77. The number of carbonyl (C=O) groups is 1. The van der Waals surface area contributed by atoms with Gasteiger partial charge in [-0.15, -0.1) is 11.8 Å². The van der Waals surface area contributed by atoms with Crippen molar-refractivity contribution in [3.8, 4) is 17.4 Å². The first-order valence-corrected chi connectivity index (χ1v) is 10.1. The lowest BCUT2D eigenvalue weighted by Gasteiger charge is -2.22. The molecule has 0 N–H and O–H groups in total. The van der Waals surface area contributed by atoms with Crippen molar-refractivity contribution >= 4 is 23.4 Å². The molecule has 0 radical (unpaired) electrons. The third-order valence-corrected chi connectivity index (χ3v) is 5.44. The number of benzene rings is 2. The Bertz CT molecular complexity index is 932. The Morgan fingerprint density at radius 2 is 1.79 bits per heavy atom. The van der Waals surface area contributed by atoms with Crippen LogP contribution in [0.2, 0.25) is 0 Å². The molecule has 1 amide bonds. The summed E-state index contributed by atoms with van der Waals surface area (Å²) >= 11 is 1.79. The lowest BCUT2D eigenvalue weighted by Crippen LogP contribution is -2.35. The Balaban J connectivity index is 1.37. The summed E-state index contributed by atoms with van der Waals surface area (Å²) in [6.45, 7) is 0.711. The van der Waals surface area contributed by atoms with E-state index in [1.807, 2.05) is 35.2 Å². The molecular weight excluding hydrogens is 372 g/mol. The molecule has 3 aromatic rings. The number of pyridine rings is 1. The minimum atomic E-state index is -0.0382. The van der Waals surface area contributed by atoms with Crippen molar-refractivity contribution in [2.75, 3.05) is 23.8 Å². The van der Waals surface area contributed by atoms with Crippen LogP contribution in [0.1, 0.15) is 6.42 Å². The fraction of sp³-hybridized carbons (Fsp3) is 0.182. The van der Waals surface area contributed by atoms with Gasteiger partial charge >= 0.3 is 0 Å². The lowest BCUT2D eigenvalue weighted by atomic mass is 10.2. The molecule has 5 nitrogen and oxygen atoms in total. The number of fused-ring (bicyclic) bond motifs is 1. The molecule has 28 heavy (non-hydrogen) atoms. The zero-order valence-electron chi connectivity index (χ0n) is 15.3. The highest BCUT2D eigenvalue weighted by Crippen LogP contribution is 2.33. The Morgan fingerprint density at radius 3 is 2.61 bits per heavy atom. The van der Waals surface area contributed by atoms with Gasteiger partial charge in [0.05, 0.1) is 5.69 Å². The monoisotopic (exact) mass is 392 g/mol. The van der Waals surface area contributed by atoms with E-state index in [1.54, 1.807) is 48.3 Å². The maximum Gasteiger partial charge on any atom is 0.264 e. The predicted molar refractivity (Wildman–Crippen MR) is 110 cm³/mol. The number of rotatable bonds is 5. The van der Waals surface area contributed by atoms with Crippen LogP contribution in [0.15, 0.2) is 77.8 Å². The Labute approximate surface area is 168 Å². The van der Waals surface area contributed by atoms with E-state index in [1.165, 1.54) is 0 Å². The lowest BCUT2D eigenvalue weighted by molar-refractivity contribution is -0.120. The maximum atomic E-state index is 12.8. The van der Waals surface area contributed by atoms with Gasteiger partial charge in [0.1, 0.15) is 11.5 Å². The standard InChI is InChI=1S/C22H20N2O3S/c25-22(24-14-5-15-28-20-7-2-1-6-19(20)24)16-26-17-9-11-18(12-10-17)27-21-8-3-4-13-23-21/h1-4,6-13H,5,14-16H2. The molecular formula is C22H20N2O3S. The zero-order chi connectivity index (χ0) is 19.2. The average Bonchev–Trinajstić information content (AvgIpc) is 2.96. The third kappa shape index (κ3) is 4.46. The number of nitrogens with zero attached hydrogens (tertiary/aromatic N) is 2. The van der Waals surface area contributed by atoms with Crippen LogP contribution in [-0.2, 0) is 4.79 Å². The first-order valence-electron chi connectivity index (χ1n) is 9.13. The highest BCUT2D eigenvalue weighted by atomic mass is 32.2. The molecule has 0 unspecified atom stereocenters. The number of hydrogen-bond donors (Lipinski definition) is 0. The average molecular weight is 392 g/mol. The molecule has 1 aliphatic heterocycles. The predicted octanol–water partition coefficient (Wildman–Crippen LogP) is 4.78. The normalized spacial score (nSPS) is 13.4. The minimum Gasteiger partial charge on any atom is -0.484 e. The van der Waals surface area contributed by atoms with Crippen molar-refractivity contribution in [1.82, 2.24) is 4.98 Å². The molecule has 0 atom stereocenters. The van der Waals surface area contributed by atoms with Gasteiger partial charge in [0.25, 0.3) is 5.91 Å². The summed E-state index contributed by atoms with van der Waals surface area (Å²) in [5.74, 6) is 2.79. The summed E-state index contributed by atoms with van der Waals surface area (Å²) < 4.78 is 11.4. The Morgan fingerprint density at radius 1 is 1.00 bits per heavy atom. The smallest absolute Gasteiger partial charge is 0.264 e. The summed E-state index contributed by atoms with van der Waals surface area (Å²) in [4.78, 5) is 19.9. The second-order valence-corrected chi connectivity index (χ2v) is 7.38. The van der Waals surface area contributed by atoms with Crippen LogP contribution >= 0.6 is 11.8 Å². The number of hydrogen-bond acceptors (Lipinski definition) is 5. The van der Waals surface area contributed by atoms with Crippen LogP contribution in [0.25, 0.3) is 0 Å². The van der Waals surface area contributed by atoms with E-state index in [0.717, 1.165) is 22.8 Å². The van der Waals surface area contributed by atoms with Crippen LogP contribution in [0.4, 0.5) is 5.69 Å². The molecule has 4 rings (SSSR count). The summed E-state index contributed by atoms with van der Waals surface area (Å²) in [7, 11) is 0. The summed E-state index contributed by atoms with van der Waals surface area (Å²) in [5.41, 5.74) is 0.970. The van der Waals surface area contributed by atoms with E-state index in [-0.39, 0.29) is 12.5 Å². The van der Waals surface area contributed by atoms with Crippen molar-refractivity contribution in [1.29, 1.82) is 0 Å². The van der Waals surface area contributed by atoms with Crippen molar-refractivity contribution < 1.29 is 14.3 Å². The first kappa shape index (κ1) is 18.4. The molecule has 6 heteroatoms. The summed E-state index contributed by atoms with van der Waals surface area (Å²) in [6.07, 6.45) is 2.64. The largest absolute Gasteiger partial charge is 0.484 e. The number of ether oxygens (including phenoxy) is 2. The SMILES string of the molecule is O=C(COc1ccc(Oc2ccccn2)cc1)N1CCCSc2ccccc21. The second kappa shape index (κ2) is 8.80.